The predicted molar refractivity (Wildman–Crippen MR) is 47.2 cm³/mol. The van der Waals surface area contributed by atoms with E-state index in [4.69, 9.17) is 0 Å². The Morgan fingerprint density at radius 2 is 1.86 bits per heavy atom. The number of fused-ring (bicyclic) bond motifs is 1. The minimum absolute atomic E-state index is 0. The Bertz CT molecular complexity index is 297. The van der Waals surface area contributed by atoms with Crippen molar-refractivity contribution in [2.24, 2.45) is 0 Å². The van der Waals surface area contributed by atoms with E-state index in [1.807, 2.05) is 0 Å². The molecule has 3 heteroatoms. The third-order valence-electron chi connectivity index (χ3n) is 2.22. The Labute approximate surface area is 117 Å². The molecule has 0 bridgehead atoms. The van der Waals surface area contributed by atoms with Crippen LogP contribution in [0, 0.1) is 6.08 Å². The van der Waals surface area contributed by atoms with Crippen LogP contribution in [0.25, 0.3) is 6.08 Å². The summed E-state index contributed by atoms with van der Waals surface area (Å²) in [4.78, 5) is 0. The number of allylic oxidation sites excluding steroid dienone is 1. The standard InChI is InChI=1S/C11H11.2ClH.Zr/c1-2-9-7-8-10-5-3-4-6-11(9)10;;;/h3-6,8-9H,2H2,1H3;2*1H;/q-1;;;+3/p-2. The van der Waals surface area contributed by atoms with E-state index in [1.165, 1.54) is 11.1 Å². The average molecular weight is 305 g/mol. The Hall–Kier alpha value is 0.423. The van der Waals surface area contributed by atoms with Gasteiger partial charge in [-0.2, -0.15) is 5.56 Å². The molecular formula is C11H11Cl2Zr. The van der Waals surface area contributed by atoms with E-state index in [0.717, 1.165) is 6.42 Å². The molecule has 0 nitrogen and oxygen atoms in total. The van der Waals surface area contributed by atoms with Crippen LogP contribution in [0.15, 0.2) is 24.3 Å². The molecule has 0 N–H and O–H groups in total. The first kappa shape index (κ1) is 16.8. The van der Waals surface area contributed by atoms with E-state index in [-0.39, 0.29) is 51.0 Å². The monoisotopic (exact) mass is 303 g/mol. The molecule has 1 atom stereocenters. The zero-order valence-electron chi connectivity index (χ0n) is 7.93. The van der Waals surface area contributed by atoms with E-state index in [1.54, 1.807) is 0 Å². The van der Waals surface area contributed by atoms with Crippen LogP contribution in [0.2, 0.25) is 0 Å². The van der Waals surface area contributed by atoms with E-state index in [9.17, 15) is 0 Å². The fourth-order valence-corrected chi connectivity index (χ4v) is 1.58. The summed E-state index contributed by atoms with van der Waals surface area (Å²) in [5.74, 6) is 0.547. The van der Waals surface area contributed by atoms with Crippen LogP contribution in [0.3, 0.4) is 0 Å². The van der Waals surface area contributed by atoms with Crippen LogP contribution in [-0.4, -0.2) is 0 Å². The number of hydrogen-bond donors (Lipinski definition) is 0. The molecule has 1 aliphatic rings. The number of hydrogen-bond acceptors (Lipinski definition) is 0. The van der Waals surface area contributed by atoms with Gasteiger partial charge in [0, 0.05) is 0 Å². The van der Waals surface area contributed by atoms with Gasteiger partial charge in [0.25, 0.3) is 0 Å². The van der Waals surface area contributed by atoms with Crippen LogP contribution in [-0.2, 0) is 26.2 Å². The molecule has 0 heterocycles. The molecule has 14 heavy (non-hydrogen) atoms. The number of halogens is 2. The van der Waals surface area contributed by atoms with Gasteiger partial charge >= 0.3 is 26.2 Å². The first-order valence-electron chi connectivity index (χ1n) is 4.10. The second-order valence-electron chi connectivity index (χ2n) is 2.90. The smallest absolute Gasteiger partial charge is 1.00 e. The van der Waals surface area contributed by atoms with Crippen LogP contribution < -0.4 is 24.8 Å². The molecule has 1 aliphatic carbocycles. The minimum Gasteiger partial charge on any atom is -1.00 e. The molecule has 2 rings (SSSR count). The van der Waals surface area contributed by atoms with E-state index in [2.05, 4.69) is 43.3 Å². The van der Waals surface area contributed by atoms with Gasteiger partial charge in [0.05, 0.1) is 0 Å². The van der Waals surface area contributed by atoms with E-state index in [0.29, 0.717) is 5.92 Å². The summed E-state index contributed by atoms with van der Waals surface area (Å²) in [5.41, 5.74) is 2.79. The van der Waals surface area contributed by atoms with Gasteiger partial charge in [0.1, 0.15) is 0 Å². The summed E-state index contributed by atoms with van der Waals surface area (Å²) in [6.07, 6.45) is 6.61. The van der Waals surface area contributed by atoms with Crippen molar-refractivity contribution in [1.29, 1.82) is 0 Å². The first-order chi connectivity index (χ1) is 5.42. The molecule has 0 spiro atoms. The average Bonchev–Trinajstić information content (AvgIpc) is 2.47. The summed E-state index contributed by atoms with van der Waals surface area (Å²) in [5, 5.41) is 0. The predicted octanol–water partition coefficient (Wildman–Crippen LogP) is -2.98. The van der Waals surface area contributed by atoms with Crippen molar-refractivity contribution < 1.29 is 51.0 Å². The maximum atomic E-state index is 3.35. The summed E-state index contributed by atoms with van der Waals surface area (Å²) in [6, 6.07) is 8.52. The Balaban J connectivity index is 0. The van der Waals surface area contributed by atoms with E-state index >= 15 is 0 Å². The van der Waals surface area contributed by atoms with Gasteiger partial charge in [-0.05, 0) is 0 Å². The van der Waals surface area contributed by atoms with Gasteiger partial charge in [0.15, 0.2) is 0 Å². The fraction of sp³-hybridized carbons (Fsp3) is 0.273. The molecular weight excluding hydrogens is 294 g/mol. The molecule has 1 aromatic carbocycles. The zero-order chi connectivity index (χ0) is 7.68. The maximum Gasteiger partial charge on any atom is 3.00 e. The Morgan fingerprint density at radius 3 is 2.50 bits per heavy atom. The van der Waals surface area contributed by atoms with Gasteiger partial charge in [0.2, 0.25) is 0 Å². The van der Waals surface area contributed by atoms with Crippen molar-refractivity contribution >= 4 is 6.08 Å². The fourth-order valence-electron chi connectivity index (χ4n) is 1.58. The van der Waals surface area contributed by atoms with Crippen LogP contribution in [0.5, 0.6) is 0 Å². The van der Waals surface area contributed by atoms with Crippen molar-refractivity contribution in [2.45, 2.75) is 19.3 Å². The van der Waals surface area contributed by atoms with Crippen LogP contribution in [0.4, 0.5) is 0 Å². The van der Waals surface area contributed by atoms with Crippen molar-refractivity contribution in [3.8, 4) is 0 Å². The SMILES string of the molecule is CCC1[C-]=Cc2ccccc21.[Cl-].[Cl-].[Zr+3]. The van der Waals surface area contributed by atoms with Gasteiger partial charge in [-0.15, -0.1) is 11.6 Å². The minimum atomic E-state index is 0. The van der Waals surface area contributed by atoms with Crippen molar-refractivity contribution in [3.63, 3.8) is 0 Å². The largest absolute Gasteiger partial charge is 3.00 e. The molecule has 0 saturated heterocycles. The van der Waals surface area contributed by atoms with Crippen LogP contribution in [0.1, 0.15) is 30.4 Å². The van der Waals surface area contributed by atoms with Gasteiger partial charge in [-0.1, -0.05) is 37.5 Å². The Kier molecular flexibility index (Phi) is 9.24. The topological polar surface area (TPSA) is 0 Å². The summed E-state index contributed by atoms with van der Waals surface area (Å²) >= 11 is 0. The molecule has 0 amide bonds. The zero-order valence-corrected chi connectivity index (χ0v) is 11.9. The molecule has 0 fully saturated rings. The number of benzene rings is 1. The molecule has 73 valence electrons. The van der Waals surface area contributed by atoms with Crippen molar-refractivity contribution in [1.82, 2.24) is 0 Å². The normalized spacial score (nSPS) is 15.9. The second kappa shape index (κ2) is 7.68. The van der Waals surface area contributed by atoms with Gasteiger partial charge in [-0.3, -0.25) is 6.08 Å². The molecule has 1 unspecified atom stereocenters. The molecule has 0 aliphatic heterocycles. The van der Waals surface area contributed by atoms with E-state index < -0.39 is 0 Å². The first-order valence-corrected chi connectivity index (χ1v) is 4.10. The molecule has 0 aromatic heterocycles. The molecule has 1 aromatic rings. The second-order valence-corrected chi connectivity index (χ2v) is 2.90. The summed E-state index contributed by atoms with van der Waals surface area (Å²) in [7, 11) is 0. The maximum absolute atomic E-state index is 3.35. The molecule has 1 radical (unpaired) electrons. The third-order valence-corrected chi connectivity index (χ3v) is 2.22. The number of rotatable bonds is 1. The van der Waals surface area contributed by atoms with Gasteiger partial charge < -0.3 is 24.8 Å². The quantitative estimate of drug-likeness (QED) is 0.486. The molecule has 0 saturated carbocycles. The van der Waals surface area contributed by atoms with Crippen molar-refractivity contribution in [2.75, 3.05) is 0 Å². The third kappa shape index (κ3) is 3.22. The summed E-state index contributed by atoms with van der Waals surface area (Å²) in [6.45, 7) is 2.20. The van der Waals surface area contributed by atoms with Crippen LogP contribution >= 0.6 is 0 Å². The van der Waals surface area contributed by atoms with Gasteiger partial charge in [-0.25, -0.2) is 6.08 Å². The Morgan fingerprint density at radius 1 is 1.21 bits per heavy atom. The van der Waals surface area contributed by atoms with Crippen molar-refractivity contribution in [3.05, 3.63) is 41.5 Å². The summed E-state index contributed by atoms with van der Waals surface area (Å²) < 4.78 is 0.